The highest BCUT2D eigenvalue weighted by Gasteiger charge is 2.38. The maximum Gasteiger partial charge on any atom is 0.326 e. The number of alkyl halides is 2. The maximum absolute atomic E-state index is 13.1. The van der Waals surface area contributed by atoms with Crippen LogP contribution in [0.15, 0.2) is 18.2 Å². The fourth-order valence-corrected chi connectivity index (χ4v) is 3.33. The smallest absolute Gasteiger partial charge is 0.326 e. The number of carbonyl (C=O) groups is 2. The fraction of sp³-hybridized carbons (Fsp3) is 0.500. The van der Waals surface area contributed by atoms with Gasteiger partial charge in [0.2, 0.25) is 11.8 Å². The Kier molecular flexibility index (Phi) is 6.04. The summed E-state index contributed by atoms with van der Waals surface area (Å²) in [7, 11) is 0. The standard InChI is InChI=1S/C16H17Cl2F2NO3/c17-11-5-9(6-12(18)8-11)7-13(15(23)24)21-14(22)10-1-3-16(19,20)4-2-10/h5-6,8,10,13H,1-4,7H2,(H,21,22)(H,23,24). The molecule has 4 nitrogen and oxygen atoms in total. The summed E-state index contributed by atoms with van der Waals surface area (Å²) in [5, 5.41) is 12.5. The number of benzene rings is 1. The van der Waals surface area contributed by atoms with E-state index in [0.29, 0.717) is 15.6 Å². The number of aliphatic carboxylic acids is 1. The molecule has 24 heavy (non-hydrogen) atoms. The molecule has 1 atom stereocenters. The number of carboxylic acid groups (broad SMARTS) is 1. The molecule has 1 amide bonds. The SMILES string of the molecule is O=C(NC(Cc1cc(Cl)cc(Cl)c1)C(=O)O)C1CCC(F)(F)CC1. The molecule has 1 aliphatic carbocycles. The molecule has 0 bridgehead atoms. The third-order valence-electron chi connectivity index (χ3n) is 4.06. The molecular formula is C16H17Cl2F2NO3. The second-order valence-electron chi connectivity index (χ2n) is 6.01. The number of amides is 1. The Bertz CT molecular complexity index is 609. The van der Waals surface area contributed by atoms with Crippen LogP contribution in [0.4, 0.5) is 8.78 Å². The summed E-state index contributed by atoms with van der Waals surface area (Å²) in [6, 6.07) is 3.48. The van der Waals surface area contributed by atoms with Crippen molar-refractivity contribution in [2.45, 2.75) is 44.1 Å². The first-order valence-electron chi connectivity index (χ1n) is 7.52. The number of nitrogens with one attached hydrogen (secondary N) is 1. The summed E-state index contributed by atoms with van der Waals surface area (Å²) in [6.07, 6.45) is -0.605. The quantitative estimate of drug-likeness (QED) is 0.814. The van der Waals surface area contributed by atoms with Crippen LogP contribution in [-0.2, 0) is 16.0 Å². The summed E-state index contributed by atoms with van der Waals surface area (Å²) < 4.78 is 26.3. The number of carbonyl (C=O) groups excluding carboxylic acids is 1. The van der Waals surface area contributed by atoms with Gasteiger partial charge in [0.25, 0.3) is 0 Å². The van der Waals surface area contributed by atoms with E-state index < -0.39 is 29.8 Å². The number of hydrogen-bond acceptors (Lipinski definition) is 2. The van der Waals surface area contributed by atoms with Crippen LogP contribution < -0.4 is 5.32 Å². The normalized spacial score (nSPS) is 18.8. The lowest BCUT2D eigenvalue weighted by Gasteiger charge is -2.28. The van der Waals surface area contributed by atoms with Crippen molar-refractivity contribution in [2.75, 3.05) is 0 Å². The summed E-state index contributed by atoms with van der Waals surface area (Å²) >= 11 is 11.8. The van der Waals surface area contributed by atoms with Gasteiger partial charge in [0.1, 0.15) is 6.04 Å². The van der Waals surface area contributed by atoms with E-state index in [-0.39, 0.29) is 32.1 Å². The minimum atomic E-state index is -2.74. The maximum atomic E-state index is 13.1. The molecule has 0 aliphatic heterocycles. The molecule has 0 heterocycles. The highest BCUT2D eigenvalue weighted by molar-refractivity contribution is 6.34. The summed E-state index contributed by atoms with van der Waals surface area (Å²) in [5.41, 5.74) is 0.565. The van der Waals surface area contributed by atoms with Crippen LogP contribution in [0.25, 0.3) is 0 Å². The second kappa shape index (κ2) is 7.66. The van der Waals surface area contributed by atoms with Gasteiger partial charge in [-0.15, -0.1) is 0 Å². The molecule has 2 rings (SSSR count). The Morgan fingerprint density at radius 1 is 1.21 bits per heavy atom. The van der Waals surface area contributed by atoms with Gasteiger partial charge >= 0.3 is 5.97 Å². The zero-order valence-electron chi connectivity index (χ0n) is 12.7. The summed E-state index contributed by atoms with van der Waals surface area (Å²) in [6.45, 7) is 0. The van der Waals surface area contributed by atoms with Gasteiger partial charge < -0.3 is 10.4 Å². The first-order valence-corrected chi connectivity index (χ1v) is 8.28. The third kappa shape index (κ3) is 5.31. The predicted octanol–water partition coefficient (Wildman–Crippen LogP) is 3.93. The van der Waals surface area contributed by atoms with Crippen LogP contribution in [0.1, 0.15) is 31.2 Å². The minimum Gasteiger partial charge on any atom is -0.480 e. The van der Waals surface area contributed by atoms with Crippen molar-refractivity contribution >= 4 is 35.1 Å². The van der Waals surface area contributed by atoms with Crippen LogP contribution in [-0.4, -0.2) is 28.9 Å². The van der Waals surface area contributed by atoms with Crippen LogP contribution in [0.5, 0.6) is 0 Å². The number of hydrogen-bond donors (Lipinski definition) is 2. The van der Waals surface area contributed by atoms with E-state index in [0.717, 1.165) is 0 Å². The molecule has 0 spiro atoms. The molecule has 1 aliphatic rings. The number of halogens is 4. The van der Waals surface area contributed by atoms with E-state index in [1.54, 1.807) is 12.1 Å². The van der Waals surface area contributed by atoms with E-state index >= 15 is 0 Å². The molecule has 1 fully saturated rings. The van der Waals surface area contributed by atoms with Crippen molar-refractivity contribution in [1.29, 1.82) is 0 Å². The third-order valence-corrected chi connectivity index (χ3v) is 4.50. The average Bonchev–Trinajstić information content (AvgIpc) is 2.45. The van der Waals surface area contributed by atoms with Crippen molar-refractivity contribution in [2.24, 2.45) is 5.92 Å². The highest BCUT2D eigenvalue weighted by Crippen LogP contribution is 2.36. The molecule has 8 heteroatoms. The Labute approximate surface area is 148 Å². The van der Waals surface area contributed by atoms with Gasteiger partial charge in [0.15, 0.2) is 0 Å². The Morgan fingerprint density at radius 3 is 2.25 bits per heavy atom. The molecule has 1 aromatic carbocycles. The second-order valence-corrected chi connectivity index (χ2v) is 6.88. The molecule has 0 radical (unpaired) electrons. The van der Waals surface area contributed by atoms with Gasteiger partial charge in [0, 0.05) is 35.2 Å². The molecule has 0 aromatic heterocycles. The molecule has 1 aromatic rings. The van der Waals surface area contributed by atoms with E-state index in [4.69, 9.17) is 23.2 Å². The van der Waals surface area contributed by atoms with E-state index in [9.17, 15) is 23.5 Å². The van der Waals surface area contributed by atoms with E-state index in [1.165, 1.54) is 6.07 Å². The van der Waals surface area contributed by atoms with E-state index in [1.807, 2.05) is 0 Å². The van der Waals surface area contributed by atoms with Gasteiger partial charge in [-0.2, -0.15) is 0 Å². The van der Waals surface area contributed by atoms with Crippen LogP contribution in [0.2, 0.25) is 10.0 Å². The average molecular weight is 380 g/mol. The van der Waals surface area contributed by atoms with Crippen LogP contribution in [0.3, 0.4) is 0 Å². The zero-order valence-corrected chi connectivity index (χ0v) is 14.2. The molecule has 132 valence electrons. The summed E-state index contributed by atoms with van der Waals surface area (Å²) in [4.78, 5) is 23.6. The van der Waals surface area contributed by atoms with Crippen molar-refractivity contribution in [3.8, 4) is 0 Å². The van der Waals surface area contributed by atoms with E-state index in [2.05, 4.69) is 5.32 Å². The minimum absolute atomic E-state index is 0.00420. The first kappa shape index (κ1) is 18.9. The topological polar surface area (TPSA) is 66.4 Å². The molecule has 2 N–H and O–H groups in total. The van der Waals surface area contributed by atoms with Crippen LogP contribution in [0, 0.1) is 5.92 Å². The predicted molar refractivity (Wildman–Crippen MR) is 86.6 cm³/mol. The van der Waals surface area contributed by atoms with Crippen molar-refractivity contribution in [3.05, 3.63) is 33.8 Å². The van der Waals surface area contributed by atoms with Crippen molar-refractivity contribution < 1.29 is 23.5 Å². The molecule has 0 saturated heterocycles. The van der Waals surface area contributed by atoms with Gasteiger partial charge in [-0.3, -0.25) is 4.79 Å². The fourth-order valence-electron chi connectivity index (χ4n) is 2.76. The lowest BCUT2D eigenvalue weighted by Crippen LogP contribution is -2.46. The van der Waals surface area contributed by atoms with Gasteiger partial charge in [-0.25, -0.2) is 13.6 Å². The van der Waals surface area contributed by atoms with Crippen LogP contribution >= 0.6 is 23.2 Å². The Balaban J connectivity index is 2.00. The number of carboxylic acids is 1. The zero-order chi connectivity index (χ0) is 17.9. The first-order chi connectivity index (χ1) is 11.2. The van der Waals surface area contributed by atoms with Gasteiger partial charge in [-0.1, -0.05) is 23.2 Å². The van der Waals surface area contributed by atoms with Crippen molar-refractivity contribution in [1.82, 2.24) is 5.32 Å². The molecular weight excluding hydrogens is 363 g/mol. The number of rotatable bonds is 5. The lowest BCUT2D eigenvalue weighted by atomic mass is 9.86. The van der Waals surface area contributed by atoms with Gasteiger partial charge in [0.05, 0.1) is 0 Å². The monoisotopic (exact) mass is 379 g/mol. The van der Waals surface area contributed by atoms with Crippen molar-refractivity contribution in [3.63, 3.8) is 0 Å². The van der Waals surface area contributed by atoms with Gasteiger partial charge in [-0.05, 0) is 36.6 Å². The lowest BCUT2D eigenvalue weighted by molar-refractivity contribution is -0.143. The molecule has 1 saturated carbocycles. The largest absolute Gasteiger partial charge is 0.480 e. The summed E-state index contributed by atoms with van der Waals surface area (Å²) in [5.74, 6) is -5.04. The Morgan fingerprint density at radius 2 is 1.75 bits per heavy atom. The molecule has 1 unspecified atom stereocenters. The highest BCUT2D eigenvalue weighted by atomic mass is 35.5. The Hall–Kier alpha value is -1.40.